The van der Waals surface area contributed by atoms with Gasteiger partial charge in [-0.05, 0) is 55.4 Å². The van der Waals surface area contributed by atoms with Crippen molar-refractivity contribution >= 4 is 44.8 Å². The van der Waals surface area contributed by atoms with Gasteiger partial charge in [-0.25, -0.2) is 0 Å². The van der Waals surface area contributed by atoms with E-state index in [1.165, 1.54) is 22.7 Å². The van der Waals surface area contributed by atoms with Gasteiger partial charge in [0, 0.05) is 37.1 Å². The summed E-state index contributed by atoms with van der Waals surface area (Å²) in [6, 6.07) is 7.22. The fourth-order valence-electron chi connectivity index (χ4n) is 4.61. The number of amides is 2. The zero-order valence-corrected chi connectivity index (χ0v) is 22.8. The topological polar surface area (TPSA) is 136 Å². The first-order valence-electron chi connectivity index (χ1n) is 12.5. The van der Waals surface area contributed by atoms with Gasteiger partial charge in [0.1, 0.15) is 15.9 Å². The third kappa shape index (κ3) is 6.50. The largest absolute Gasteiger partial charge is 0.300 e. The first kappa shape index (κ1) is 26.5. The Kier molecular flexibility index (Phi) is 8.29. The molecule has 0 aliphatic heterocycles. The van der Waals surface area contributed by atoms with Crippen LogP contribution in [-0.2, 0) is 16.0 Å². The number of pyridine rings is 2. The summed E-state index contributed by atoms with van der Waals surface area (Å²) in [7, 11) is 0. The van der Waals surface area contributed by atoms with Gasteiger partial charge in [0.05, 0.1) is 5.92 Å². The highest BCUT2D eigenvalue weighted by Crippen LogP contribution is 2.41. The van der Waals surface area contributed by atoms with Crippen LogP contribution in [0.3, 0.4) is 0 Å². The molecule has 198 valence electrons. The van der Waals surface area contributed by atoms with Crippen LogP contribution >= 0.6 is 22.7 Å². The summed E-state index contributed by atoms with van der Waals surface area (Å²) < 4.78 is 0. The zero-order valence-electron chi connectivity index (χ0n) is 21.2. The van der Waals surface area contributed by atoms with Gasteiger partial charge in [0.2, 0.25) is 22.1 Å². The normalized spacial score (nSPS) is 18.2. The van der Waals surface area contributed by atoms with E-state index in [0.717, 1.165) is 41.3 Å². The van der Waals surface area contributed by atoms with E-state index in [1.54, 1.807) is 36.9 Å². The Morgan fingerprint density at radius 1 is 0.974 bits per heavy atom. The Bertz CT molecular complexity index is 1470. The molecule has 0 unspecified atom stereocenters. The zero-order chi connectivity index (χ0) is 27.2. The van der Waals surface area contributed by atoms with Crippen molar-refractivity contribution in [2.24, 2.45) is 5.92 Å². The molecule has 12 heteroatoms. The Labute approximate surface area is 233 Å². The number of anilines is 2. The number of terminal acetylenes is 1. The minimum Gasteiger partial charge on any atom is -0.300 e. The molecule has 1 aliphatic carbocycles. The molecular weight excluding hydrogens is 532 g/mol. The SMILES string of the molecule is C#C[C@H](C(=O)Nc1nnc(C[C@@H]2CC[C@H](c3nnc(NC(=O)[C@H](C)c4cccnc4)s3)C2)s1)c1cccnc1. The standard InChI is InChI=1S/C27H26N8O2S2/c1-3-21(20-7-5-11-29-15-20)24(37)31-26-34-32-22(38-26)13-17-8-9-18(12-17)25-33-35-27(39-25)30-23(36)16(2)19-6-4-10-28-14-19/h1,4-7,10-11,14-18,21H,8-9,12-13H2,2H3,(H,30,35,36)(H,31,34,37)/t16-,17-,18+,21+/m1/s1. The molecule has 10 nitrogen and oxygen atoms in total. The van der Waals surface area contributed by atoms with Crippen molar-refractivity contribution in [3.8, 4) is 12.3 Å². The van der Waals surface area contributed by atoms with Gasteiger partial charge in [0.25, 0.3) is 0 Å². The molecule has 2 amide bonds. The second-order valence-corrected chi connectivity index (χ2v) is 11.5. The molecule has 1 fully saturated rings. The van der Waals surface area contributed by atoms with Crippen LogP contribution in [0.1, 0.15) is 65.1 Å². The van der Waals surface area contributed by atoms with Crippen molar-refractivity contribution in [1.29, 1.82) is 0 Å². The molecule has 0 radical (unpaired) electrons. The highest BCUT2D eigenvalue weighted by atomic mass is 32.1. The third-order valence-electron chi connectivity index (χ3n) is 6.75. The Morgan fingerprint density at radius 3 is 2.38 bits per heavy atom. The molecule has 4 aromatic rings. The van der Waals surface area contributed by atoms with Crippen LogP contribution in [0.4, 0.5) is 10.3 Å². The summed E-state index contributed by atoms with van der Waals surface area (Å²) in [6.45, 7) is 1.84. The van der Waals surface area contributed by atoms with Crippen LogP contribution in [0.5, 0.6) is 0 Å². The van der Waals surface area contributed by atoms with Crippen molar-refractivity contribution in [2.45, 2.75) is 50.4 Å². The van der Waals surface area contributed by atoms with Crippen molar-refractivity contribution < 1.29 is 9.59 Å². The van der Waals surface area contributed by atoms with Crippen LogP contribution < -0.4 is 10.6 Å². The van der Waals surface area contributed by atoms with Crippen molar-refractivity contribution in [2.75, 3.05) is 10.6 Å². The monoisotopic (exact) mass is 558 g/mol. The molecule has 4 aromatic heterocycles. The van der Waals surface area contributed by atoms with Crippen molar-refractivity contribution in [1.82, 2.24) is 30.4 Å². The Balaban J connectivity index is 1.12. The maximum absolute atomic E-state index is 12.7. The number of aromatic nitrogens is 6. The number of carbonyl (C=O) groups is 2. The highest BCUT2D eigenvalue weighted by molar-refractivity contribution is 7.15. The number of hydrogen-bond donors (Lipinski definition) is 2. The summed E-state index contributed by atoms with van der Waals surface area (Å²) >= 11 is 2.79. The summed E-state index contributed by atoms with van der Waals surface area (Å²) in [6.07, 6.45) is 15.9. The fraction of sp³-hybridized carbons (Fsp3) is 0.333. The third-order valence-corrected chi connectivity index (χ3v) is 8.61. The van der Waals surface area contributed by atoms with Gasteiger partial charge >= 0.3 is 0 Å². The van der Waals surface area contributed by atoms with E-state index >= 15 is 0 Å². The van der Waals surface area contributed by atoms with Gasteiger partial charge in [-0.1, -0.05) is 40.7 Å². The number of carbonyl (C=O) groups excluding carboxylic acids is 2. The Hall–Kier alpha value is -4.08. The molecule has 39 heavy (non-hydrogen) atoms. The van der Waals surface area contributed by atoms with E-state index in [0.29, 0.717) is 21.7 Å². The molecule has 5 rings (SSSR count). The van der Waals surface area contributed by atoms with Crippen LogP contribution in [0.2, 0.25) is 0 Å². The maximum atomic E-state index is 12.7. The van der Waals surface area contributed by atoms with E-state index in [4.69, 9.17) is 6.42 Å². The van der Waals surface area contributed by atoms with Crippen LogP contribution in [0, 0.1) is 18.3 Å². The van der Waals surface area contributed by atoms with E-state index in [9.17, 15) is 9.59 Å². The second kappa shape index (κ2) is 12.2. The molecule has 1 aliphatic rings. The molecule has 4 atom stereocenters. The lowest BCUT2D eigenvalue weighted by Crippen LogP contribution is -2.20. The summed E-state index contributed by atoms with van der Waals surface area (Å²) in [5, 5.41) is 25.4. The van der Waals surface area contributed by atoms with Crippen molar-refractivity contribution in [3.05, 3.63) is 70.2 Å². The van der Waals surface area contributed by atoms with Gasteiger partial charge in [0.15, 0.2) is 0 Å². The van der Waals surface area contributed by atoms with E-state index in [2.05, 4.69) is 46.9 Å². The number of rotatable bonds is 9. The Morgan fingerprint density at radius 2 is 1.67 bits per heavy atom. The quantitative estimate of drug-likeness (QED) is 0.289. The smallest absolute Gasteiger partial charge is 0.245 e. The highest BCUT2D eigenvalue weighted by Gasteiger charge is 2.30. The van der Waals surface area contributed by atoms with Crippen molar-refractivity contribution in [3.63, 3.8) is 0 Å². The maximum Gasteiger partial charge on any atom is 0.245 e. The first-order chi connectivity index (χ1) is 19.0. The number of hydrogen-bond acceptors (Lipinski definition) is 10. The minimum absolute atomic E-state index is 0.136. The molecule has 0 bridgehead atoms. The van der Waals surface area contributed by atoms with Crippen LogP contribution in [-0.4, -0.2) is 42.2 Å². The molecule has 0 spiro atoms. The molecule has 1 saturated carbocycles. The molecule has 4 heterocycles. The summed E-state index contributed by atoms with van der Waals surface area (Å²) in [5.41, 5.74) is 1.50. The summed E-state index contributed by atoms with van der Waals surface area (Å²) in [4.78, 5) is 33.5. The lowest BCUT2D eigenvalue weighted by atomic mass is 10.0. The fourth-order valence-corrected chi connectivity index (χ4v) is 6.36. The first-order valence-corrected chi connectivity index (χ1v) is 14.2. The van der Waals surface area contributed by atoms with E-state index < -0.39 is 5.92 Å². The van der Waals surface area contributed by atoms with Gasteiger partial charge in [-0.15, -0.1) is 26.8 Å². The number of nitrogens with one attached hydrogen (secondary N) is 2. The predicted octanol–water partition coefficient (Wildman–Crippen LogP) is 4.40. The van der Waals surface area contributed by atoms with Gasteiger partial charge in [-0.3, -0.25) is 24.9 Å². The summed E-state index contributed by atoms with van der Waals surface area (Å²) in [5.74, 6) is 1.68. The lowest BCUT2D eigenvalue weighted by molar-refractivity contribution is -0.117. The predicted molar refractivity (Wildman–Crippen MR) is 149 cm³/mol. The van der Waals surface area contributed by atoms with Gasteiger partial charge in [-0.2, -0.15) is 0 Å². The molecule has 0 aromatic carbocycles. The lowest BCUT2D eigenvalue weighted by Gasteiger charge is -2.10. The molecular formula is C27H26N8O2S2. The molecule has 2 N–H and O–H groups in total. The average Bonchev–Trinajstić information content (AvgIpc) is 3.72. The minimum atomic E-state index is -0.748. The average molecular weight is 559 g/mol. The van der Waals surface area contributed by atoms with Gasteiger partial charge < -0.3 is 5.32 Å². The van der Waals surface area contributed by atoms with E-state index in [1.807, 2.05) is 19.1 Å². The van der Waals surface area contributed by atoms with Crippen LogP contribution in [0.25, 0.3) is 0 Å². The number of nitrogens with zero attached hydrogens (tertiary/aromatic N) is 6. The molecule has 0 saturated heterocycles. The second-order valence-electron chi connectivity index (χ2n) is 9.40. The van der Waals surface area contributed by atoms with E-state index in [-0.39, 0.29) is 23.7 Å². The van der Waals surface area contributed by atoms with Crippen LogP contribution in [0.15, 0.2) is 49.1 Å².